The molecule has 1 aliphatic rings. The second kappa shape index (κ2) is 8.04. The van der Waals surface area contributed by atoms with E-state index in [-0.39, 0.29) is 11.9 Å². The Labute approximate surface area is 137 Å². The molecule has 1 saturated carbocycles. The molecule has 0 bridgehead atoms. The summed E-state index contributed by atoms with van der Waals surface area (Å²) in [7, 11) is 0. The van der Waals surface area contributed by atoms with Crippen LogP contribution in [-0.2, 0) is 27.5 Å². The van der Waals surface area contributed by atoms with Gasteiger partial charge in [0.1, 0.15) is 6.10 Å². The SMILES string of the molecule is O=C1CCCC(OCc2ccccc2)C1OCc1ccccc1. The van der Waals surface area contributed by atoms with Gasteiger partial charge in [-0.1, -0.05) is 60.7 Å². The van der Waals surface area contributed by atoms with Crippen molar-refractivity contribution in [2.24, 2.45) is 0 Å². The number of Topliss-reactive ketones (excluding diaryl/α,β-unsaturated/α-hetero) is 1. The summed E-state index contributed by atoms with van der Waals surface area (Å²) in [5, 5.41) is 0. The average molecular weight is 310 g/mol. The quantitative estimate of drug-likeness (QED) is 0.811. The van der Waals surface area contributed by atoms with Gasteiger partial charge in [-0.15, -0.1) is 0 Å². The number of rotatable bonds is 6. The molecule has 3 nitrogen and oxygen atoms in total. The van der Waals surface area contributed by atoms with Gasteiger partial charge < -0.3 is 9.47 Å². The van der Waals surface area contributed by atoms with Crippen molar-refractivity contribution in [3.05, 3.63) is 71.8 Å². The van der Waals surface area contributed by atoms with Crippen LogP contribution in [0.1, 0.15) is 30.4 Å². The molecule has 0 heterocycles. The maximum atomic E-state index is 12.2. The molecule has 2 unspecified atom stereocenters. The second-order valence-corrected chi connectivity index (χ2v) is 5.91. The predicted molar refractivity (Wildman–Crippen MR) is 88.9 cm³/mol. The third-order valence-electron chi connectivity index (χ3n) is 4.15. The molecule has 3 rings (SSSR count). The van der Waals surface area contributed by atoms with Crippen molar-refractivity contribution in [3.8, 4) is 0 Å². The smallest absolute Gasteiger partial charge is 0.164 e. The number of hydrogen-bond acceptors (Lipinski definition) is 3. The summed E-state index contributed by atoms with van der Waals surface area (Å²) in [5.74, 6) is 0.158. The summed E-state index contributed by atoms with van der Waals surface area (Å²) in [6.07, 6.45) is 1.74. The van der Waals surface area contributed by atoms with Crippen molar-refractivity contribution in [3.63, 3.8) is 0 Å². The van der Waals surface area contributed by atoms with Crippen molar-refractivity contribution >= 4 is 5.78 Å². The fourth-order valence-corrected chi connectivity index (χ4v) is 2.89. The Morgan fingerprint density at radius 2 is 1.39 bits per heavy atom. The first-order valence-corrected chi connectivity index (χ1v) is 8.17. The predicted octanol–water partition coefficient (Wildman–Crippen LogP) is 3.91. The van der Waals surface area contributed by atoms with E-state index in [1.165, 1.54) is 0 Å². The first-order valence-electron chi connectivity index (χ1n) is 8.17. The van der Waals surface area contributed by atoms with E-state index in [1.807, 2.05) is 60.7 Å². The van der Waals surface area contributed by atoms with Crippen LogP contribution in [0, 0.1) is 0 Å². The van der Waals surface area contributed by atoms with Gasteiger partial charge in [0.15, 0.2) is 5.78 Å². The number of ketones is 1. The molecule has 0 amide bonds. The maximum absolute atomic E-state index is 12.2. The largest absolute Gasteiger partial charge is 0.370 e. The van der Waals surface area contributed by atoms with Gasteiger partial charge in [0.2, 0.25) is 0 Å². The standard InChI is InChI=1S/C20H22O3/c21-18-12-7-13-19(22-14-16-8-3-1-4-9-16)20(18)23-15-17-10-5-2-6-11-17/h1-6,8-11,19-20H,7,12-15H2. The van der Waals surface area contributed by atoms with E-state index >= 15 is 0 Å². The van der Waals surface area contributed by atoms with Gasteiger partial charge >= 0.3 is 0 Å². The third-order valence-corrected chi connectivity index (χ3v) is 4.15. The van der Waals surface area contributed by atoms with Crippen LogP contribution in [0.5, 0.6) is 0 Å². The molecule has 3 heteroatoms. The van der Waals surface area contributed by atoms with Crippen LogP contribution in [0.3, 0.4) is 0 Å². The first kappa shape index (κ1) is 15.9. The Kier molecular flexibility index (Phi) is 5.56. The zero-order chi connectivity index (χ0) is 15.9. The Balaban J connectivity index is 1.59. The van der Waals surface area contributed by atoms with Crippen molar-refractivity contribution in [1.82, 2.24) is 0 Å². The van der Waals surface area contributed by atoms with Gasteiger partial charge in [-0.3, -0.25) is 4.79 Å². The van der Waals surface area contributed by atoms with E-state index in [2.05, 4.69) is 0 Å². The molecule has 120 valence electrons. The third kappa shape index (κ3) is 4.50. The molecule has 2 atom stereocenters. The molecule has 0 aliphatic heterocycles. The van der Waals surface area contributed by atoms with Gasteiger partial charge in [-0.25, -0.2) is 0 Å². The minimum absolute atomic E-state index is 0.153. The highest BCUT2D eigenvalue weighted by Crippen LogP contribution is 2.23. The van der Waals surface area contributed by atoms with E-state index < -0.39 is 6.10 Å². The molecule has 0 radical (unpaired) electrons. The molecular weight excluding hydrogens is 288 g/mol. The molecule has 0 saturated heterocycles. The molecule has 1 aliphatic carbocycles. The molecule has 0 spiro atoms. The highest BCUT2D eigenvalue weighted by molar-refractivity contribution is 5.84. The summed E-state index contributed by atoms with van der Waals surface area (Å²) in [5.41, 5.74) is 2.19. The summed E-state index contributed by atoms with van der Waals surface area (Å²) in [6.45, 7) is 0.965. The minimum atomic E-state index is -0.451. The summed E-state index contributed by atoms with van der Waals surface area (Å²) in [6, 6.07) is 20.0. The lowest BCUT2D eigenvalue weighted by atomic mass is 9.93. The van der Waals surface area contributed by atoms with Gasteiger partial charge in [0.05, 0.1) is 19.3 Å². The van der Waals surface area contributed by atoms with Crippen LogP contribution in [0.25, 0.3) is 0 Å². The van der Waals surface area contributed by atoms with E-state index in [0.717, 1.165) is 24.0 Å². The lowest BCUT2D eigenvalue weighted by Crippen LogP contribution is -2.41. The molecular formula is C20H22O3. The fourth-order valence-electron chi connectivity index (χ4n) is 2.89. The van der Waals surface area contributed by atoms with Crippen molar-refractivity contribution < 1.29 is 14.3 Å². The number of ether oxygens (including phenoxy) is 2. The monoisotopic (exact) mass is 310 g/mol. The summed E-state index contributed by atoms with van der Waals surface area (Å²) in [4.78, 5) is 12.2. The molecule has 2 aromatic carbocycles. The number of carbonyl (C=O) groups is 1. The minimum Gasteiger partial charge on any atom is -0.370 e. The normalized spacial score (nSPS) is 21.3. The second-order valence-electron chi connectivity index (χ2n) is 5.91. The van der Waals surface area contributed by atoms with Crippen LogP contribution >= 0.6 is 0 Å². The van der Waals surface area contributed by atoms with E-state index in [9.17, 15) is 4.79 Å². The van der Waals surface area contributed by atoms with Gasteiger partial charge in [0.25, 0.3) is 0 Å². The topological polar surface area (TPSA) is 35.5 Å². The van der Waals surface area contributed by atoms with Crippen molar-refractivity contribution in [2.75, 3.05) is 0 Å². The van der Waals surface area contributed by atoms with E-state index in [0.29, 0.717) is 19.6 Å². The number of carbonyl (C=O) groups excluding carboxylic acids is 1. The van der Waals surface area contributed by atoms with Crippen LogP contribution < -0.4 is 0 Å². The maximum Gasteiger partial charge on any atom is 0.164 e. The Morgan fingerprint density at radius 1 is 0.826 bits per heavy atom. The van der Waals surface area contributed by atoms with Crippen molar-refractivity contribution in [1.29, 1.82) is 0 Å². The molecule has 2 aromatic rings. The zero-order valence-corrected chi connectivity index (χ0v) is 13.2. The fraction of sp³-hybridized carbons (Fsp3) is 0.350. The average Bonchev–Trinajstić information content (AvgIpc) is 2.61. The molecule has 1 fully saturated rings. The lowest BCUT2D eigenvalue weighted by molar-refractivity contribution is -0.151. The zero-order valence-electron chi connectivity index (χ0n) is 13.2. The van der Waals surface area contributed by atoms with Gasteiger partial charge in [-0.05, 0) is 24.0 Å². The Hall–Kier alpha value is -1.97. The lowest BCUT2D eigenvalue weighted by Gasteiger charge is -2.30. The van der Waals surface area contributed by atoms with Crippen LogP contribution in [0.4, 0.5) is 0 Å². The highest BCUT2D eigenvalue weighted by atomic mass is 16.5. The Bertz CT molecular complexity index is 609. The van der Waals surface area contributed by atoms with E-state index in [4.69, 9.17) is 9.47 Å². The van der Waals surface area contributed by atoms with Gasteiger partial charge in [-0.2, -0.15) is 0 Å². The Morgan fingerprint density at radius 3 is 2.00 bits per heavy atom. The highest BCUT2D eigenvalue weighted by Gasteiger charge is 2.33. The summed E-state index contributed by atoms with van der Waals surface area (Å²) >= 11 is 0. The van der Waals surface area contributed by atoms with Crippen LogP contribution in [-0.4, -0.2) is 18.0 Å². The summed E-state index contributed by atoms with van der Waals surface area (Å²) < 4.78 is 11.9. The van der Waals surface area contributed by atoms with Gasteiger partial charge in [0, 0.05) is 6.42 Å². The van der Waals surface area contributed by atoms with E-state index in [1.54, 1.807) is 0 Å². The first-order chi connectivity index (χ1) is 11.3. The van der Waals surface area contributed by atoms with Crippen molar-refractivity contribution in [2.45, 2.75) is 44.7 Å². The van der Waals surface area contributed by atoms with Crippen LogP contribution in [0.15, 0.2) is 60.7 Å². The number of benzene rings is 2. The van der Waals surface area contributed by atoms with Crippen LogP contribution in [0.2, 0.25) is 0 Å². The molecule has 0 aromatic heterocycles. The molecule has 23 heavy (non-hydrogen) atoms. The molecule has 0 N–H and O–H groups in total. The number of hydrogen-bond donors (Lipinski definition) is 0.